The molecule has 154 valence electrons. The third-order valence-electron chi connectivity index (χ3n) is 4.12. The molecule has 1 N–H and O–H groups in total. The van der Waals surface area contributed by atoms with Crippen LogP contribution in [0.15, 0.2) is 60.7 Å². The van der Waals surface area contributed by atoms with Gasteiger partial charge in [0.25, 0.3) is 0 Å². The standard InChI is InChI=1S/C23H27NO5/c1-23(2,3)29-19(25)15-18(22(27)28-4)24-21(26)20(16-11-7-5-8-12-16)17-13-9-6-10-14-17/h5-14,18,20H,15H2,1-4H3,(H,24,26)/t18-/m0/s1. The molecule has 29 heavy (non-hydrogen) atoms. The molecule has 2 aromatic carbocycles. The Morgan fingerprint density at radius 1 is 0.897 bits per heavy atom. The van der Waals surface area contributed by atoms with E-state index < -0.39 is 35.4 Å². The maximum Gasteiger partial charge on any atom is 0.328 e. The van der Waals surface area contributed by atoms with Crippen molar-refractivity contribution in [2.24, 2.45) is 0 Å². The average Bonchev–Trinajstić information content (AvgIpc) is 2.67. The van der Waals surface area contributed by atoms with Gasteiger partial charge in [-0.15, -0.1) is 0 Å². The van der Waals surface area contributed by atoms with Gasteiger partial charge in [0.2, 0.25) is 5.91 Å². The molecule has 1 atom stereocenters. The van der Waals surface area contributed by atoms with E-state index in [1.807, 2.05) is 60.7 Å². The number of hydrogen-bond acceptors (Lipinski definition) is 5. The van der Waals surface area contributed by atoms with Gasteiger partial charge in [0.15, 0.2) is 0 Å². The number of esters is 2. The van der Waals surface area contributed by atoms with Gasteiger partial charge in [0.05, 0.1) is 19.4 Å². The molecule has 0 saturated carbocycles. The molecule has 0 saturated heterocycles. The van der Waals surface area contributed by atoms with Gasteiger partial charge in [0.1, 0.15) is 11.6 Å². The summed E-state index contributed by atoms with van der Waals surface area (Å²) in [5.41, 5.74) is 0.854. The van der Waals surface area contributed by atoms with Crippen molar-refractivity contribution in [2.45, 2.75) is 44.8 Å². The molecule has 6 nitrogen and oxygen atoms in total. The summed E-state index contributed by atoms with van der Waals surface area (Å²) in [4.78, 5) is 37.6. The predicted molar refractivity (Wildman–Crippen MR) is 109 cm³/mol. The van der Waals surface area contributed by atoms with E-state index in [4.69, 9.17) is 9.47 Å². The molecule has 2 rings (SSSR count). The number of ether oxygens (including phenoxy) is 2. The maximum absolute atomic E-state index is 13.2. The summed E-state index contributed by atoms with van der Waals surface area (Å²) in [6.07, 6.45) is -0.314. The van der Waals surface area contributed by atoms with Crippen molar-refractivity contribution >= 4 is 17.8 Å². The number of carbonyl (C=O) groups excluding carboxylic acids is 3. The average molecular weight is 397 g/mol. The second-order valence-corrected chi connectivity index (χ2v) is 7.63. The van der Waals surface area contributed by atoms with Crippen LogP contribution in [0.4, 0.5) is 0 Å². The smallest absolute Gasteiger partial charge is 0.328 e. The molecule has 1 amide bonds. The predicted octanol–water partition coefficient (Wildman–Crippen LogP) is 3.21. The Balaban J connectivity index is 2.26. The highest BCUT2D eigenvalue weighted by atomic mass is 16.6. The molecule has 6 heteroatoms. The Morgan fingerprint density at radius 3 is 1.79 bits per heavy atom. The van der Waals surface area contributed by atoms with Crippen molar-refractivity contribution in [1.29, 1.82) is 0 Å². The van der Waals surface area contributed by atoms with Gasteiger partial charge in [-0.3, -0.25) is 9.59 Å². The van der Waals surface area contributed by atoms with E-state index in [-0.39, 0.29) is 6.42 Å². The highest BCUT2D eigenvalue weighted by molar-refractivity contribution is 5.92. The maximum atomic E-state index is 13.2. The second kappa shape index (κ2) is 9.87. The third kappa shape index (κ3) is 6.75. The number of nitrogens with one attached hydrogen (secondary N) is 1. The zero-order valence-electron chi connectivity index (χ0n) is 17.2. The summed E-state index contributed by atoms with van der Waals surface area (Å²) in [7, 11) is 1.21. The molecule has 0 aliphatic rings. The molecule has 0 fully saturated rings. The second-order valence-electron chi connectivity index (χ2n) is 7.63. The third-order valence-corrected chi connectivity index (χ3v) is 4.12. The Kier molecular flexibility index (Phi) is 7.53. The quantitative estimate of drug-likeness (QED) is 0.726. The molecule has 0 aliphatic heterocycles. The summed E-state index contributed by atoms with van der Waals surface area (Å²) < 4.78 is 10.1. The minimum absolute atomic E-state index is 0.314. The highest BCUT2D eigenvalue weighted by Gasteiger charge is 2.31. The summed E-state index contributed by atoms with van der Waals surface area (Å²) in [6.45, 7) is 5.20. The van der Waals surface area contributed by atoms with Crippen LogP contribution in [-0.2, 0) is 23.9 Å². The van der Waals surface area contributed by atoms with Gasteiger partial charge in [-0.25, -0.2) is 4.79 Å². The molecular formula is C23H27NO5. The van der Waals surface area contributed by atoms with Crippen molar-refractivity contribution < 1.29 is 23.9 Å². The van der Waals surface area contributed by atoms with Crippen LogP contribution >= 0.6 is 0 Å². The zero-order chi connectivity index (χ0) is 21.4. The van der Waals surface area contributed by atoms with E-state index in [0.29, 0.717) is 0 Å². The Bertz CT molecular complexity index is 788. The number of benzene rings is 2. The lowest BCUT2D eigenvalue weighted by Gasteiger charge is -2.24. The van der Waals surface area contributed by atoms with E-state index in [1.165, 1.54) is 7.11 Å². The lowest BCUT2D eigenvalue weighted by Crippen LogP contribution is -2.45. The highest BCUT2D eigenvalue weighted by Crippen LogP contribution is 2.25. The van der Waals surface area contributed by atoms with Crippen LogP contribution in [0.2, 0.25) is 0 Å². The van der Waals surface area contributed by atoms with Gasteiger partial charge < -0.3 is 14.8 Å². The van der Waals surface area contributed by atoms with E-state index >= 15 is 0 Å². The zero-order valence-corrected chi connectivity index (χ0v) is 17.2. The first-order valence-corrected chi connectivity index (χ1v) is 9.41. The Hall–Kier alpha value is -3.15. The van der Waals surface area contributed by atoms with Gasteiger partial charge in [-0.1, -0.05) is 60.7 Å². The van der Waals surface area contributed by atoms with E-state index in [0.717, 1.165) is 11.1 Å². The summed E-state index contributed by atoms with van der Waals surface area (Å²) in [6, 6.07) is 17.3. The van der Waals surface area contributed by atoms with Gasteiger partial charge in [0, 0.05) is 0 Å². The van der Waals surface area contributed by atoms with Crippen LogP contribution < -0.4 is 5.32 Å². The van der Waals surface area contributed by atoms with Crippen molar-refractivity contribution in [3.05, 3.63) is 71.8 Å². The van der Waals surface area contributed by atoms with E-state index in [2.05, 4.69) is 5.32 Å². The summed E-state index contributed by atoms with van der Waals surface area (Å²) in [5.74, 6) is -2.34. The van der Waals surface area contributed by atoms with Gasteiger partial charge >= 0.3 is 11.9 Å². The molecule has 2 aromatic rings. The SMILES string of the molecule is COC(=O)[C@H](CC(=O)OC(C)(C)C)NC(=O)C(c1ccccc1)c1ccccc1. The van der Waals surface area contributed by atoms with Crippen molar-refractivity contribution in [1.82, 2.24) is 5.32 Å². The van der Waals surface area contributed by atoms with Crippen LogP contribution in [0.3, 0.4) is 0 Å². The number of methoxy groups -OCH3 is 1. The minimum Gasteiger partial charge on any atom is -0.467 e. The molecule has 0 aromatic heterocycles. The first kappa shape index (κ1) is 22.1. The minimum atomic E-state index is -1.14. The van der Waals surface area contributed by atoms with E-state index in [9.17, 15) is 14.4 Å². The van der Waals surface area contributed by atoms with Crippen molar-refractivity contribution in [3.63, 3.8) is 0 Å². The van der Waals surface area contributed by atoms with Crippen molar-refractivity contribution in [3.8, 4) is 0 Å². The first-order chi connectivity index (χ1) is 13.7. The Labute approximate surface area is 171 Å². The Morgan fingerprint density at radius 2 is 1.38 bits per heavy atom. The molecular weight excluding hydrogens is 370 g/mol. The fourth-order valence-electron chi connectivity index (χ4n) is 2.93. The van der Waals surface area contributed by atoms with E-state index in [1.54, 1.807) is 20.8 Å². The topological polar surface area (TPSA) is 81.7 Å². The number of carbonyl (C=O) groups is 3. The first-order valence-electron chi connectivity index (χ1n) is 9.41. The van der Waals surface area contributed by atoms with Crippen molar-refractivity contribution in [2.75, 3.05) is 7.11 Å². The normalized spacial score (nSPS) is 12.2. The summed E-state index contributed by atoms with van der Waals surface area (Å²) >= 11 is 0. The molecule has 0 bridgehead atoms. The lowest BCUT2D eigenvalue weighted by atomic mass is 9.90. The molecule has 0 spiro atoms. The van der Waals surface area contributed by atoms with Crippen LogP contribution in [0, 0.1) is 0 Å². The van der Waals surface area contributed by atoms with Gasteiger partial charge in [-0.05, 0) is 31.9 Å². The monoisotopic (exact) mass is 397 g/mol. The number of amides is 1. The van der Waals surface area contributed by atoms with Crippen LogP contribution in [-0.4, -0.2) is 36.6 Å². The molecule has 0 heterocycles. The molecule has 0 radical (unpaired) electrons. The lowest BCUT2D eigenvalue weighted by molar-refractivity contribution is -0.159. The molecule has 0 aliphatic carbocycles. The summed E-state index contributed by atoms with van der Waals surface area (Å²) in [5, 5.41) is 2.67. The van der Waals surface area contributed by atoms with Gasteiger partial charge in [-0.2, -0.15) is 0 Å². The fourth-order valence-corrected chi connectivity index (χ4v) is 2.93. The number of hydrogen-bond donors (Lipinski definition) is 1. The van der Waals surface area contributed by atoms with Crippen LogP contribution in [0.1, 0.15) is 44.2 Å². The largest absolute Gasteiger partial charge is 0.467 e. The van der Waals surface area contributed by atoms with Crippen LogP contribution in [0.5, 0.6) is 0 Å². The fraction of sp³-hybridized carbons (Fsp3) is 0.348. The molecule has 0 unspecified atom stereocenters. The number of rotatable bonds is 7. The van der Waals surface area contributed by atoms with Crippen LogP contribution in [0.25, 0.3) is 0 Å².